The first kappa shape index (κ1) is 24.3. The number of ketones is 1. The Bertz CT molecular complexity index is 1260. The summed E-state index contributed by atoms with van der Waals surface area (Å²) in [6, 6.07) is 13.4. The molecule has 0 radical (unpaired) electrons. The lowest BCUT2D eigenvalue weighted by Gasteiger charge is -2.28. The normalized spacial score (nSPS) is 16.0. The number of para-hydroxylation sites is 1. The first-order valence-corrected chi connectivity index (χ1v) is 11.6. The lowest BCUT2D eigenvalue weighted by atomic mass is 9.95. The summed E-state index contributed by atoms with van der Waals surface area (Å²) < 4.78 is 16.9. The van der Waals surface area contributed by atoms with Crippen LogP contribution in [0.5, 0.6) is 11.5 Å². The van der Waals surface area contributed by atoms with Gasteiger partial charge in [0.15, 0.2) is 22.9 Å². The second-order valence-corrected chi connectivity index (χ2v) is 8.70. The molecular formula is C27H30N2O6. The molecule has 0 saturated heterocycles. The molecule has 4 rings (SSSR count). The summed E-state index contributed by atoms with van der Waals surface area (Å²) in [4.78, 5) is 30.2. The van der Waals surface area contributed by atoms with Crippen LogP contribution in [0.15, 0.2) is 64.3 Å². The number of nitrogens with zero attached hydrogens (tertiary/aromatic N) is 2. The highest BCUT2D eigenvalue weighted by Crippen LogP contribution is 2.40. The average molecular weight is 479 g/mol. The molecule has 0 spiro atoms. The van der Waals surface area contributed by atoms with Crippen molar-refractivity contribution in [1.29, 1.82) is 0 Å². The van der Waals surface area contributed by atoms with Crippen molar-refractivity contribution in [3.63, 3.8) is 0 Å². The fourth-order valence-corrected chi connectivity index (χ4v) is 4.18. The van der Waals surface area contributed by atoms with Crippen LogP contribution in [-0.4, -0.2) is 67.5 Å². The minimum atomic E-state index is -0.759. The van der Waals surface area contributed by atoms with Crippen LogP contribution < -0.4 is 9.47 Å². The SMILES string of the molecule is CCCOc1ccc(C2C(C(=O)c3cc4cccc(OC)c4o3)=C(O)C(=O)N2CCN(C)C)cc1. The van der Waals surface area contributed by atoms with Crippen LogP contribution in [0.4, 0.5) is 0 Å². The van der Waals surface area contributed by atoms with E-state index in [-0.39, 0.29) is 11.3 Å². The monoisotopic (exact) mass is 478 g/mol. The van der Waals surface area contributed by atoms with Gasteiger partial charge in [-0.2, -0.15) is 0 Å². The second-order valence-electron chi connectivity index (χ2n) is 8.70. The smallest absolute Gasteiger partial charge is 0.290 e. The van der Waals surface area contributed by atoms with Gasteiger partial charge in [-0.3, -0.25) is 9.59 Å². The Balaban J connectivity index is 1.75. The van der Waals surface area contributed by atoms with Crippen LogP contribution in [0, 0.1) is 0 Å². The Morgan fingerprint density at radius 3 is 2.57 bits per heavy atom. The van der Waals surface area contributed by atoms with Gasteiger partial charge in [0.05, 0.1) is 25.3 Å². The molecule has 1 N–H and O–H groups in total. The van der Waals surface area contributed by atoms with Crippen molar-refractivity contribution in [1.82, 2.24) is 9.80 Å². The Labute approximate surface area is 204 Å². The molecule has 1 aliphatic heterocycles. The van der Waals surface area contributed by atoms with Gasteiger partial charge < -0.3 is 28.8 Å². The van der Waals surface area contributed by atoms with E-state index in [4.69, 9.17) is 13.9 Å². The number of benzene rings is 2. The molecule has 0 aliphatic carbocycles. The summed E-state index contributed by atoms with van der Waals surface area (Å²) in [7, 11) is 5.32. The lowest BCUT2D eigenvalue weighted by Crippen LogP contribution is -2.36. The third kappa shape index (κ3) is 4.74. The molecule has 184 valence electrons. The highest BCUT2D eigenvalue weighted by atomic mass is 16.5. The van der Waals surface area contributed by atoms with E-state index in [0.717, 1.165) is 6.42 Å². The molecule has 8 heteroatoms. The number of hydrogen-bond acceptors (Lipinski definition) is 7. The maximum absolute atomic E-state index is 13.7. The van der Waals surface area contributed by atoms with Crippen LogP contribution >= 0.6 is 0 Å². The number of likely N-dealkylation sites (N-methyl/N-ethyl adjacent to an activating group) is 1. The highest BCUT2D eigenvalue weighted by Gasteiger charge is 2.44. The molecule has 0 fully saturated rings. The number of ether oxygens (including phenoxy) is 2. The van der Waals surface area contributed by atoms with Gasteiger partial charge >= 0.3 is 0 Å². The van der Waals surface area contributed by atoms with Gasteiger partial charge in [-0.05, 0) is 50.3 Å². The van der Waals surface area contributed by atoms with E-state index in [0.29, 0.717) is 47.7 Å². The number of Topliss-reactive ketones (excluding diaryl/α,β-unsaturated/α-hetero) is 1. The fraction of sp³-hybridized carbons (Fsp3) is 0.333. The van der Waals surface area contributed by atoms with Gasteiger partial charge in [0.1, 0.15) is 5.75 Å². The Kier molecular flexibility index (Phi) is 7.12. The molecular weight excluding hydrogens is 448 g/mol. The molecule has 2 aromatic carbocycles. The minimum absolute atomic E-state index is 0.00555. The first-order chi connectivity index (χ1) is 16.8. The van der Waals surface area contributed by atoms with Gasteiger partial charge in [-0.15, -0.1) is 0 Å². The van der Waals surface area contributed by atoms with E-state index >= 15 is 0 Å². The summed E-state index contributed by atoms with van der Waals surface area (Å²) >= 11 is 0. The average Bonchev–Trinajstić information content (AvgIpc) is 3.40. The van der Waals surface area contributed by atoms with Gasteiger partial charge in [-0.1, -0.05) is 31.2 Å². The number of amides is 1. The van der Waals surface area contributed by atoms with Crippen molar-refractivity contribution < 1.29 is 28.6 Å². The third-order valence-electron chi connectivity index (χ3n) is 5.96. The third-order valence-corrected chi connectivity index (χ3v) is 5.96. The summed E-state index contributed by atoms with van der Waals surface area (Å²) in [5.74, 6) is -0.462. The molecule has 1 aromatic heterocycles. The largest absolute Gasteiger partial charge is 0.503 e. The number of carbonyl (C=O) groups excluding carboxylic acids is 2. The molecule has 1 atom stereocenters. The van der Waals surface area contributed by atoms with Crippen molar-refractivity contribution >= 4 is 22.7 Å². The second kappa shape index (κ2) is 10.2. The topological polar surface area (TPSA) is 92.4 Å². The maximum Gasteiger partial charge on any atom is 0.290 e. The van der Waals surface area contributed by atoms with Gasteiger partial charge in [-0.25, -0.2) is 0 Å². The summed E-state index contributed by atoms with van der Waals surface area (Å²) in [6.07, 6.45) is 0.884. The van der Waals surface area contributed by atoms with E-state index < -0.39 is 23.5 Å². The number of rotatable bonds is 10. The fourth-order valence-electron chi connectivity index (χ4n) is 4.18. The van der Waals surface area contributed by atoms with Gasteiger partial charge in [0, 0.05) is 18.5 Å². The standard InChI is InChI=1S/C27H30N2O6/c1-5-15-34-19-11-9-17(10-12-19)23-22(25(31)27(32)29(23)14-13-28(2)3)24(30)21-16-18-7-6-8-20(33-4)26(18)35-21/h6-12,16,23,31H,5,13-15H2,1-4H3. The van der Waals surface area contributed by atoms with E-state index in [2.05, 4.69) is 0 Å². The molecule has 2 heterocycles. The Morgan fingerprint density at radius 2 is 1.91 bits per heavy atom. The Morgan fingerprint density at radius 1 is 1.17 bits per heavy atom. The number of methoxy groups -OCH3 is 1. The van der Waals surface area contributed by atoms with Crippen molar-refractivity contribution in [3.8, 4) is 11.5 Å². The number of carbonyl (C=O) groups is 2. The molecule has 1 unspecified atom stereocenters. The van der Waals surface area contributed by atoms with Crippen molar-refractivity contribution in [2.24, 2.45) is 0 Å². The maximum atomic E-state index is 13.7. The number of fused-ring (bicyclic) bond motifs is 1. The predicted molar refractivity (Wildman–Crippen MR) is 132 cm³/mol. The number of furan rings is 1. The zero-order valence-corrected chi connectivity index (χ0v) is 20.4. The van der Waals surface area contributed by atoms with Crippen LogP contribution in [0.1, 0.15) is 35.5 Å². The number of hydrogen-bond donors (Lipinski definition) is 1. The lowest BCUT2D eigenvalue weighted by molar-refractivity contribution is -0.129. The van der Waals surface area contributed by atoms with Crippen molar-refractivity contribution in [2.45, 2.75) is 19.4 Å². The zero-order valence-electron chi connectivity index (χ0n) is 20.4. The van der Waals surface area contributed by atoms with Gasteiger partial charge in [0.25, 0.3) is 5.91 Å². The molecule has 35 heavy (non-hydrogen) atoms. The van der Waals surface area contributed by atoms with Crippen molar-refractivity contribution in [3.05, 3.63) is 71.2 Å². The zero-order chi connectivity index (χ0) is 25.1. The number of aliphatic hydroxyl groups is 1. The molecule has 1 amide bonds. The quantitative estimate of drug-likeness (QED) is 0.433. The van der Waals surface area contributed by atoms with E-state index in [9.17, 15) is 14.7 Å². The van der Waals surface area contributed by atoms with Crippen LogP contribution in [0.25, 0.3) is 11.0 Å². The van der Waals surface area contributed by atoms with Crippen molar-refractivity contribution in [2.75, 3.05) is 40.9 Å². The van der Waals surface area contributed by atoms with E-state index in [1.165, 1.54) is 12.0 Å². The predicted octanol–water partition coefficient (Wildman–Crippen LogP) is 4.37. The van der Waals surface area contributed by atoms with Crippen LogP contribution in [-0.2, 0) is 4.79 Å². The number of aliphatic hydroxyl groups excluding tert-OH is 1. The van der Waals surface area contributed by atoms with E-state index in [1.807, 2.05) is 56.3 Å². The molecule has 0 saturated carbocycles. The summed E-state index contributed by atoms with van der Waals surface area (Å²) in [5, 5.41) is 11.6. The molecule has 3 aromatic rings. The Hall–Kier alpha value is -3.78. The van der Waals surface area contributed by atoms with Crippen LogP contribution in [0.2, 0.25) is 0 Å². The molecule has 0 bridgehead atoms. The van der Waals surface area contributed by atoms with Crippen LogP contribution in [0.3, 0.4) is 0 Å². The van der Waals surface area contributed by atoms with E-state index in [1.54, 1.807) is 18.2 Å². The minimum Gasteiger partial charge on any atom is -0.503 e. The summed E-state index contributed by atoms with van der Waals surface area (Å²) in [5.41, 5.74) is 1.12. The summed E-state index contributed by atoms with van der Waals surface area (Å²) in [6.45, 7) is 3.52. The van der Waals surface area contributed by atoms with Gasteiger partial charge in [0.2, 0.25) is 5.78 Å². The molecule has 1 aliphatic rings. The molecule has 8 nitrogen and oxygen atoms in total. The highest BCUT2D eigenvalue weighted by molar-refractivity contribution is 6.16. The first-order valence-electron chi connectivity index (χ1n) is 11.6.